The number of benzene rings is 1. The summed E-state index contributed by atoms with van der Waals surface area (Å²) in [4.78, 5) is 22.7. The standard InChI is InChI=1S/C12H14O4/c1-3-16-11(13)8-9-6-4-5-7-10(9)12(14)15-2/h4-7H,3,8H2,1-2H3. The van der Waals surface area contributed by atoms with Crippen LogP contribution in [0.5, 0.6) is 0 Å². The molecule has 0 heterocycles. The van der Waals surface area contributed by atoms with Gasteiger partial charge in [-0.05, 0) is 18.6 Å². The van der Waals surface area contributed by atoms with Gasteiger partial charge in [0.2, 0.25) is 0 Å². The van der Waals surface area contributed by atoms with Crippen LogP contribution in [0.15, 0.2) is 24.3 Å². The first-order chi connectivity index (χ1) is 7.69. The van der Waals surface area contributed by atoms with Gasteiger partial charge in [0.05, 0.1) is 25.7 Å². The number of hydrogen-bond acceptors (Lipinski definition) is 4. The molecule has 0 radical (unpaired) electrons. The highest BCUT2D eigenvalue weighted by molar-refractivity contribution is 5.92. The molecule has 4 nitrogen and oxygen atoms in total. The molecule has 0 saturated carbocycles. The molecule has 0 aromatic heterocycles. The van der Waals surface area contributed by atoms with Crippen LogP contribution in [0.25, 0.3) is 0 Å². The lowest BCUT2D eigenvalue weighted by molar-refractivity contribution is -0.142. The highest BCUT2D eigenvalue weighted by atomic mass is 16.5. The summed E-state index contributed by atoms with van der Waals surface area (Å²) in [5.41, 5.74) is 1.02. The van der Waals surface area contributed by atoms with E-state index >= 15 is 0 Å². The van der Waals surface area contributed by atoms with Crippen LogP contribution < -0.4 is 0 Å². The summed E-state index contributed by atoms with van der Waals surface area (Å²) in [6.45, 7) is 2.07. The topological polar surface area (TPSA) is 52.6 Å². The van der Waals surface area contributed by atoms with E-state index in [4.69, 9.17) is 4.74 Å². The number of hydrogen-bond donors (Lipinski definition) is 0. The smallest absolute Gasteiger partial charge is 0.338 e. The summed E-state index contributed by atoms with van der Waals surface area (Å²) in [6, 6.07) is 6.82. The minimum Gasteiger partial charge on any atom is -0.466 e. The van der Waals surface area contributed by atoms with E-state index in [9.17, 15) is 9.59 Å². The summed E-state index contributed by atoms with van der Waals surface area (Å²) >= 11 is 0. The number of carbonyl (C=O) groups excluding carboxylic acids is 2. The van der Waals surface area contributed by atoms with Gasteiger partial charge in [-0.15, -0.1) is 0 Å². The molecule has 16 heavy (non-hydrogen) atoms. The second-order valence-electron chi connectivity index (χ2n) is 3.13. The molecule has 0 unspecified atom stereocenters. The number of rotatable bonds is 4. The SMILES string of the molecule is CCOC(=O)Cc1ccccc1C(=O)OC. The molecule has 0 aliphatic heterocycles. The van der Waals surface area contributed by atoms with Crippen molar-refractivity contribution in [2.45, 2.75) is 13.3 Å². The predicted molar refractivity (Wildman–Crippen MR) is 58.1 cm³/mol. The van der Waals surface area contributed by atoms with E-state index in [1.54, 1.807) is 31.2 Å². The summed E-state index contributed by atoms with van der Waals surface area (Å²) in [5, 5.41) is 0. The van der Waals surface area contributed by atoms with Gasteiger partial charge in [-0.25, -0.2) is 4.79 Å². The fourth-order valence-corrected chi connectivity index (χ4v) is 1.35. The van der Waals surface area contributed by atoms with E-state index in [1.165, 1.54) is 7.11 Å². The number of methoxy groups -OCH3 is 1. The van der Waals surface area contributed by atoms with Gasteiger partial charge in [0, 0.05) is 0 Å². The van der Waals surface area contributed by atoms with Gasteiger partial charge >= 0.3 is 11.9 Å². The Morgan fingerprint density at radius 1 is 1.25 bits per heavy atom. The molecule has 1 aromatic rings. The van der Waals surface area contributed by atoms with Crippen molar-refractivity contribution in [3.63, 3.8) is 0 Å². The normalized spacial score (nSPS) is 9.62. The fraction of sp³-hybridized carbons (Fsp3) is 0.333. The first kappa shape index (κ1) is 12.2. The van der Waals surface area contributed by atoms with Gasteiger partial charge in [-0.3, -0.25) is 4.79 Å². The van der Waals surface area contributed by atoms with Crippen molar-refractivity contribution in [3.8, 4) is 0 Å². The molecule has 0 bridgehead atoms. The Morgan fingerprint density at radius 3 is 2.56 bits per heavy atom. The van der Waals surface area contributed by atoms with Crippen molar-refractivity contribution >= 4 is 11.9 Å². The average Bonchev–Trinajstić information content (AvgIpc) is 2.29. The quantitative estimate of drug-likeness (QED) is 0.726. The van der Waals surface area contributed by atoms with Crippen LogP contribution in [0.2, 0.25) is 0 Å². The molecule has 1 rings (SSSR count). The Bertz CT molecular complexity index is 384. The van der Waals surface area contributed by atoms with Crippen molar-refractivity contribution < 1.29 is 19.1 Å². The van der Waals surface area contributed by atoms with Crippen molar-refractivity contribution in [3.05, 3.63) is 35.4 Å². The Balaban J connectivity index is 2.87. The van der Waals surface area contributed by atoms with Crippen molar-refractivity contribution in [1.82, 2.24) is 0 Å². The van der Waals surface area contributed by atoms with E-state index < -0.39 is 5.97 Å². The number of ether oxygens (including phenoxy) is 2. The lowest BCUT2D eigenvalue weighted by Crippen LogP contribution is -2.12. The third-order valence-corrected chi connectivity index (χ3v) is 2.06. The maximum atomic E-state index is 11.4. The minimum atomic E-state index is -0.445. The summed E-state index contributed by atoms with van der Waals surface area (Å²) in [6.07, 6.45) is 0.0825. The summed E-state index contributed by atoms with van der Waals surface area (Å²) in [5.74, 6) is -0.793. The second-order valence-corrected chi connectivity index (χ2v) is 3.13. The molecule has 4 heteroatoms. The van der Waals surface area contributed by atoms with Crippen LogP contribution in [0.1, 0.15) is 22.8 Å². The third kappa shape index (κ3) is 3.08. The number of esters is 2. The van der Waals surface area contributed by atoms with Gasteiger partial charge in [-0.2, -0.15) is 0 Å². The van der Waals surface area contributed by atoms with E-state index in [0.717, 1.165) is 0 Å². The number of carbonyl (C=O) groups is 2. The van der Waals surface area contributed by atoms with Crippen LogP contribution in [-0.2, 0) is 20.7 Å². The highest BCUT2D eigenvalue weighted by Gasteiger charge is 2.13. The Labute approximate surface area is 94.2 Å². The van der Waals surface area contributed by atoms with Crippen LogP contribution in [-0.4, -0.2) is 25.7 Å². The molecule has 0 aliphatic rings. The predicted octanol–water partition coefficient (Wildman–Crippen LogP) is 1.58. The molecule has 0 spiro atoms. The Hall–Kier alpha value is -1.84. The first-order valence-electron chi connectivity index (χ1n) is 5.00. The van der Waals surface area contributed by atoms with E-state index in [2.05, 4.69) is 4.74 Å². The van der Waals surface area contributed by atoms with E-state index in [1.807, 2.05) is 0 Å². The van der Waals surface area contributed by atoms with Gasteiger partial charge in [0.15, 0.2) is 0 Å². The zero-order valence-corrected chi connectivity index (χ0v) is 9.36. The maximum Gasteiger partial charge on any atom is 0.338 e. The zero-order valence-electron chi connectivity index (χ0n) is 9.36. The third-order valence-electron chi connectivity index (χ3n) is 2.06. The van der Waals surface area contributed by atoms with E-state index in [-0.39, 0.29) is 12.4 Å². The molecule has 0 fully saturated rings. The highest BCUT2D eigenvalue weighted by Crippen LogP contribution is 2.11. The van der Waals surface area contributed by atoms with Crippen molar-refractivity contribution in [2.24, 2.45) is 0 Å². The monoisotopic (exact) mass is 222 g/mol. The van der Waals surface area contributed by atoms with Gasteiger partial charge in [-0.1, -0.05) is 18.2 Å². The molecule has 1 aromatic carbocycles. The zero-order chi connectivity index (χ0) is 12.0. The minimum absolute atomic E-state index is 0.0825. The average molecular weight is 222 g/mol. The molecule has 86 valence electrons. The lowest BCUT2D eigenvalue weighted by atomic mass is 10.0. The Morgan fingerprint density at radius 2 is 1.94 bits per heavy atom. The lowest BCUT2D eigenvalue weighted by Gasteiger charge is -2.06. The van der Waals surface area contributed by atoms with Crippen molar-refractivity contribution in [2.75, 3.05) is 13.7 Å². The summed E-state index contributed by atoms with van der Waals surface area (Å²) < 4.78 is 9.45. The maximum absolute atomic E-state index is 11.4. The van der Waals surface area contributed by atoms with Crippen LogP contribution in [0.3, 0.4) is 0 Å². The fourth-order valence-electron chi connectivity index (χ4n) is 1.35. The van der Waals surface area contributed by atoms with Crippen LogP contribution in [0, 0.1) is 0 Å². The largest absolute Gasteiger partial charge is 0.466 e. The molecular formula is C12H14O4. The molecule has 0 amide bonds. The van der Waals surface area contributed by atoms with Crippen LogP contribution in [0.4, 0.5) is 0 Å². The van der Waals surface area contributed by atoms with Crippen molar-refractivity contribution in [1.29, 1.82) is 0 Å². The Kier molecular flexibility index (Phi) is 4.51. The first-order valence-corrected chi connectivity index (χ1v) is 5.00. The van der Waals surface area contributed by atoms with Gasteiger partial charge in [0.1, 0.15) is 0 Å². The summed E-state index contributed by atoms with van der Waals surface area (Å²) in [7, 11) is 1.31. The molecule has 0 aliphatic carbocycles. The van der Waals surface area contributed by atoms with Gasteiger partial charge < -0.3 is 9.47 Å². The second kappa shape index (κ2) is 5.90. The van der Waals surface area contributed by atoms with E-state index in [0.29, 0.717) is 17.7 Å². The van der Waals surface area contributed by atoms with Gasteiger partial charge in [0.25, 0.3) is 0 Å². The molecule has 0 N–H and O–H groups in total. The molecular weight excluding hydrogens is 208 g/mol. The molecule has 0 saturated heterocycles. The van der Waals surface area contributed by atoms with Crippen LogP contribution >= 0.6 is 0 Å². The molecule has 0 atom stereocenters.